The summed E-state index contributed by atoms with van der Waals surface area (Å²) < 4.78 is 39.3. The molecule has 2 aromatic carbocycles. The van der Waals surface area contributed by atoms with E-state index < -0.39 is 17.8 Å². The number of urea groups is 1. The summed E-state index contributed by atoms with van der Waals surface area (Å²) in [5.74, 6) is 5.04. The number of alkyl halides is 3. The van der Waals surface area contributed by atoms with E-state index in [1.807, 2.05) is 5.43 Å². The standard InChI is InChI=1S/C16H17F3N4O/c1-23(10-11-6-2-3-7-12(11)16(17,18)19)14-9-5-4-8-13(14)21-15(24)22-20/h2-9H,10,20H2,1H3,(H2,21,22,24). The Balaban J connectivity index is 2.29. The zero-order valence-electron chi connectivity index (χ0n) is 12.9. The van der Waals surface area contributed by atoms with Crippen molar-refractivity contribution in [3.63, 3.8) is 0 Å². The SMILES string of the molecule is CN(Cc1ccccc1C(F)(F)F)c1ccccc1NC(=O)NN. The van der Waals surface area contributed by atoms with Gasteiger partial charge in [0.15, 0.2) is 0 Å². The maximum atomic E-state index is 13.1. The molecule has 0 spiro atoms. The van der Waals surface area contributed by atoms with Crippen molar-refractivity contribution in [2.75, 3.05) is 17.3 Å². The van der Waals surface area contributed by atoms with Crippen LogP contribution in [-0.2, 0) is 12.7 Å². The van der Waals surface area contributed by atoms with Crippen molar-refractivity contribution >= 4 is 17.4 Å². The number of nitrogens with zero attached hydrogens (tertiary/aromatic N) is 1. The lowest BCUT2D eigenvalue weighted by Crippen LogP contribution is -2.34. The van der Waals surface area contributed by atoms with Crippen LogP contribution >= 0.6 is 0 Å². The van der Waals surface area contributed by atoms with E-state index in [2.05, 4.69) is 5.32 Å². The van der Waals surface area contributed by atoms with Crippen molar-refractivity contribution in [3.8, 4) is 0 Å². The molecule has 0 aromatic heterocycles. The third-order valence-corrected chi connectivity index (χ3v) is 3.42. The topological polar surface area (TPSA) is 70.4 Å². The van der Waals surface area contributed by atoms with Gasteiger partial charge in [-0.15, -0.1) is 0 Å². The number of nitrogens with one attached hydrogen (secondary N) is 2. The predicted molar refractivity (Wildman–Crippen MR) is 86.3 cm³/mol. The monoisotopic (exact) mass is 338 g/mol. The third-order valence-electron chi connectivity index (χ3n) is 3.42. The third kappa shape index (κ3) is 4.17. The van der Waals surface area contributed by atoms with Crippen LogP contribution < -0.4 is 21.5 Å². The van der Waals surface area contributed by atoms with Gasteiger partial charge in [-0.3, -0.25) is 5.43 Å². The fourth-order valence-corrected chi connectivity index (χ4v) is 2.35. The molecule has 8 heteroatoms. The summed E-state index contributed by atoms with van der Waals surface area (Å²) in [7, 11) is 1.65. The van der Waals surface area contributed by atoms with Crippen molar-refractivity contribution in [3.05, 3.63) is 59.7 Å². The number of amides is 2. The molecule has 2 aromatic rings. The normalized spacial score (nSPS) is 11.0. The first-order valence-corrected chi connectivity index (χ1v) is 7.06. The van der Waals surface area contributed by atoms with Crippen molar-refractivity contribution in [2.45, 2.75) is 12.7 Å². The number of carbonyl (C=O) groups excluding carboxylic acids is 1. The first-order chi connectivity index (χ1) is 11.3. The first-order valence-electron chi connectivity index (χ1n) is 7.06. The lowest BCUT2D eigenvalue weighted by atomic mass is 10.1. The predicted octanol–water partition coefficient (Wildman–Crippen LogP) is 3.34. The summed E-state index contributed by atoms with van der Waals surface area (Å²) in [6.45, 7) is 0.0264. The summed E-state index contributed by atoms with van der Waals surface area (Å²) in [5.41, 5.74) is 2.41. The van der Waals surface area contributed by atoms with E-state index in [-0.39, 0.29) is 12.1 Å². The molecule has 5 nitrogen and oxygen atoms in total. The minimum atomic E-state index is -4.42. The van der Waals surface area contributed by atoms with Gasteiger partial charge in [0.1, 0.15) is 0 Å². The quantitative estimate of drug-likeness (QED) is 0.455. The number of nitrogens with two attached hydrogens (primary N) is 1. The minimum Gasteiger partial charge on any atom is -0.369 e. The highest BCUT2D eigenvalue weighted by Gasteiger charge is 2.33. The van der Waals surface area contributed by atoms with Crippen LogP contribution in [0.5, 0.6) is 0 Å². The summed E-state index contributed by atoms with van der Waals surface area (Å²) in [6, 6.07) is 11.5. The second kappa shape index (κ2) is 7.22. The molecule has 128 valence electrons. The van der Waals surface area contributed by atoms with Crippen LogP contribution in [-0.4, -0.2) is 13.1 Å². The Hall–Kier alpha value is -2.74. The summed E-state index contributed by atoms with van der Waals surface area (Å²) in [5, 5.41) is 2.53. The molecular weight excluding hydrogens is 321 g/mol. The number of rotatable bonds is 4. The Kier molecular flexibility index (Phi) is 5.30. The highest BCUT2D eigenvalue weighted by Crippen LogP contribution is 2.33. The number of halogens is 3. The second-order valence-electron chi connectivity index (χ2n) is 5.13. The fourth-order valence-electron chi connectivity index (χ4n) is 2.35. The molecule has 0 bridgehead atoms. The number of hydrogen-bond acceptors (Lipinski definition) is 3. The van der Waals surface area contributed by atoms with E-state index in [1.165, 1.54) is 12.1 Å². The number of para-hydroxylation sites is 2. The van der Waals surface area contributed by atoms with Crippen LogP contribution in [0.15, 0.2) is 48.5 Å². The van der Waals surface area contributed by atoms with Crippen molar-refractivity contribution in [2.24, 2.45) is 5.84 Å². The Labute approximate surface area is 137 Å². The van der Waals surface area contributed by atoms with Gasteiger partial charge in [-0.25, -0.2) is 10.6 Å². The van der Waals surface area contributed by atoms with Crippen molar-refractivity contribution in [1.29, 1.82) is 0 Å². The Morgan fingerprint density at radius 3 is 2.42 bits per heavy atom. The Morgan fingerprint density at radius 1 is 1.12 bits per heavy atom. The number of anilines is 2. The fraction of sp³-hybridized carbons (Fsp3) is 0.188. The Morgan fingerprint density at radius 2 is 1.75 bits per heavy atom. The maximum absolute atomic E-state index is 13.1. The maximum Gasteiger partial charge on any atom is 0.416 e. The molecule has 0 aliphatic carbocycles. The van der Waals surface area contributed by atoms with Crippen LogP contribution in [0.2, 0.25) is 0 Å². The van der Waals surface area contributed by atoms with Gasteiger partial charge in [0.2, 0.25) is 0 Å². The van der Waals surface area contributed by atoms with E-state index >= 15 is 0 Å². The van der Waals surface area contributed by atoms with Crippen LogP contribution in [0, 0.1) is 0 Å². The van der Waals surface area contributed by atoms with Crippen LogP contribution in [0.3, 0.4) is 0 Å². The van der Waals surface area contributed by atoms with Gasteiger partial charge in [-0.1, -0.05) is 30.3 Å². The lowest BCUT2D eigenvalue weighted by Gasteiger charge is -2.24. The number of hydrazine groups is 1. The van der Waals surface area contributed by atoms with Gasteiger partial charge in [-0.05, 0) is 23.8 Å². The molecule has 0 saturated heterocycles. The van der Waals surface area contributed by atoms with Gasteiger partial charge in [0.05, 0.1) is 16.9 Å². The second-order valence-corrected chi connectivity index (χ2v) is 5.13. The van der Waals surface area contributed by atoms with Crippen molar-refractivity contribution < 1.29 is 18.0 Å². The van der Waals surface area contributed by atoms with E-state index in [0.717, 1.165) is 6.07 Å². The van der Waals surface area contributed by atoms with E-state index in [4.69, 9.17) is 5.84 Å². The average Bonchev–Trinajstić information content (AvgIpc) is 2.54. The van der Waals surface area contributed by atoms with Crippen molar-refractivity contribution in [1.82, 2.24) is 5.43 Å². The molecule has 2 amide bonds. The summed E-state index contributed by atoms with van der Waals surface area (Å²) in [4.78, 5) is 13.0. The van der Waals surface area contributed by atoms with Crippen LogP contribution in [0.1, 0.15) is 11.1 Å². The highest BCUT2D eigenvalue weighted by atomic mass is 19.4. The van der Waals surface area contributed by atoms with Gasteiger partial charge in [-0.2, -0.15) is 13.2 Å². The smallest absolute Gasteiger partial charge is 0.369 e. The molecule has 0 heterocycles. The highest BCUT2D eigenvalue weighted by molar-refractivity contribution is 5.92. The molecule has 0 fully saturated rings. The molecule has 4 N–H and O–H groups in total. The zero-order chi connectivity index (χ0) is 17.7. The molecule has 0 unspecified atom stereocenters. The van der Waals surface area contributed by atoms with Gasteiger partial charge in [0, 0.05) is 13.6 Å². The molecule has 0 aliphatic rings. The number of hydrogen-bond donors (Lipinski definition) is 3. The Bertz CT molecular complexity index is 718. The summed E-state index contributed by atoms with van der Waals surface area (Å²) in [6.07, 6.45) is -4.42. The molecule has 0 saturated carbocycles. The van der Waals surface area contributed by atoms with E-state index in [0.29, 0.717) is 11.4 Å². The first kappa shape index (κ1) is 17.6. The van der Waals surface area contributed by atoms with E-state index in [9.17, 15) is 18.0 Å². The average molecular weight is 338 g/mol. The summed E-state index contributed by atoms with van der Waals surface area (Å²) >= 11 is 0. The number of benzene rings is 2. The lowest BCUT2D eigenvalue weighted by molar-refractivity contribution is -0.138. The van der Waals surface area contributed by atoms with Gasteiger partial charge < -0.3 is 10.2 Å². The molecule has 2 rings (SSSR count). The molecule has 0 atom stereocenters. The minimum absolute atomic E-state index is 0.0264. The van der Waals surface area contributed by atoms with Gasteiger partial charge >= 0.3 is 12.2 Å². The molecular formula is C16H17F3N4O. The van der Waals surface area contributed by atoms with E-state index in [1.54, 1.807) is 42.3 Å². The zero-order valence-corrected chi connectivity index (χ0v) is 12.9. The number of carbonyl (C=O) groups is 1. The molecule has 24 heavy (non-hydrogen) atoms. The largest absolute Gasteiger partial charge is 0.416 e. The van der Waals surface area contributed by atoms with Crippen LogP contribution in [0.25, 0.3) is 0 Å². The van der Waals surface area contributed by atoms with Gasteiger partial charge in [0.25, 0.3) is 0 Å². The van der Waals surface area contributed by atoms with Crippen LogP contribution in [0.4, 0.5) is 29.3 Å². The molecule has 0 aliphatic heterocycles. The molecule has 0 radical (unpaired) electrons.